The molecule has 106 valence electrons. The van der Waals surface area contributed by atoms with Crippen molar-refractivity contribution in [2.45, 2.75) is 19.4 Å². The lowest BCUT2D eigenvalue weighted by atomic mass is 10.1. The lowest BCUT2D eigenvalue weighted by Crippen LogP contribution is -2.16. The molecule has 0 spiro atoms. The van der Waals surface area contributed by atoms with Gasteiger partial charge in [-0.1, -0.05) is 19.1 Å². The second-order valence-corrected chi connectivity index (χ2v) is 4.36. The molecule has 0 saturated heterocycles. The maximum atomic E-state index is 12.0. The van der Waals surface area contributed by atoms with E-state index in [1.54, 1.807) is 0 Å². The molecule has 1 aromatic heterocycles. The number of aliphatic hydroxyl groups excluding tert-OH is 1. The number of nitrogens with two attached hydrogens (primary N) is 1. The van der Waals surface area contributed by atoms with E-state index < -0.39 is 6.04 Å². The third kappa shape index (κ3) is 3.23. The fourth-order valence-corrected chi connectivity index (χ4v) is 1.66. The van der Waals surface area contributed by atoms with E-state index in [4.69, 9.17) is 15.3 Å². The van der Waals surface area contributed by atoms with Crippen molar-refractivity contribution < 1.29 is 14.3 Å². The quantitative estimate of drug-likeness (QED) is 0.767. The summed E-state index contributed by atoms with van der Waals surface area (Å²) in [4.78, 5) is 15.9. The SMILES string of the molecule is CCc1ccc(NC(=O)c2coc(C(N)CO)n2)cc1. The summed E-state index contributed by atoms with van der Waals surface area (Å²) in [6, 6.07) is 6.84. The van der Waals surface area contributed by atoms with Crippen LogP contribution in [0, 0.1) is 0 Å². The van der Waals surface area contributed by atoms with Crippen LogP contribution in [-0.2, 0) is 6.42 Å². The molecule has 1 unspecified atom stereocenters. The Morgan fingerprint density at radius 1 is 1.45 bits per heavy atom. The number of amides is 1. The average molecular weight is 275 g/mol. The van der Waals surface area contributed by atoms with Gasteiger partial charge in [0.05, 0.1) is 6.61 Å². The molecule has 0 fully saturated rings. The van der Waals surface area contributed by atoms with Crippen LogP contribution in [0.5, 0.6) is 0 Å². The molecule has 0 bridgehead atoms. The van der Waals surface area contributed by atoms with E-state index in [1.165, 1.54) is 11.8 Å². The number of nitrogens with one attached hydrogen (secondary N) is 1. The summed E-state index contributed by atoms with van der Waals surface area (Å²) in [5.41, 5.74) is 7.56. The fourth-order valence-electron chi connectivity index (χ4n) is 1.66. The maximum Gasteiger partial charge on any atom is 0.277 e. The number of aliphatic hydroxyl groups is 1. The minimum absolute atomic E-state index is 0.128. The van der Waals surface area contributed by atoms with E-state index in [9.17, 15) is 4.79 Å². The first-order valence-corrected chi connectivity index (χ1v) is 6.36. The van der Waals surface area contributed by atoms with Crippen molar-refractivity contribution in [3.8, 4) is 0 Å². The van der Waals surface area contributed by atoms with Crippen LogP contribution in [0.1, 0.15) is 34.9 Å². The molecule has 1 amide bonds. The summed E-state index contributed by atoms with van der Waals surface area (Å²) in [5, 5.41) is 11.6. The number of anilines is 1. The van der Waals surface area contributed by atoms with Crippen molar-refractivity contribution in [3.63, 3.8) is 0 Å². The standard InChI is InChI=1S/C14H17N3O3/c1-2-9-3-5-10(6-4-9)16-13(19)12-8-20-14(17-12)11(15)7-18/h3-6,8,11,18H,2,7,15H2,1H3,(H,16,19). The largest absolute Gasteiger partial charge is 0.446 e. The molecule has 2 rings (SSSR count). The number of rotatable bonds is 5. The average Bonchev–Trinajstić information content (AvgIpc) is 2.97. The van der Waals surface area contributed by atoms with E-state index in [0.717, 1.165) is 6.42 Å². The Bertz CT molecular complexity index is 578. The lowest BCUT2D eigenvalue weighted by molar-refractivity contribution is 0.102. The summed E-state index contributed by atoms with van der Waals surface area (Å²) in [6.45, 7) is 1.77. The molecule has 0 saturated carbocycles. The Morgan fingerprint density at radius 2 is 2.15 bits per heavy atom. The molecular weight excluding hydrogens is 258 g/mol. The number of oxazole rings is 1. The number of hydrogen-bond donors (Lipinski definition) is 3. The third-order valence-electron chi connectivity index (χ3n) is 2.89. The molecule has 1 heterocycles. The van der Waals surface area contributed by atoms with Gasteiger partial charge >= 0.3 is 0 Å². The van der Waals surface area contributed by atoms with Gasteiger partial charge in [0.1, 0.15) is 12.3 Å². The Hall–Kier alpha value is -2.18. The maximum absolute atomic E-state index is 12.0. The number of carbonyl (C=O) groups excluding carboxylic acids is 1. The van der Waals surface area contributed by atoms with Crippen LogP contribution in [0.15, 0.2) is 34.9 Å². The predicted molar refractivity (Wildman–Crippen MR) is 74.3 cm³/mol. The molecule has 0 aliphatic rings. The molecule has 0 aliphatic carbocycles. The van der Waals surface area contributed by atoms with E-state index >= 15 is 0 Å². The van der Waals surface area contributed by atoms with Crippen molar-refractivity contribution >= 4 is 11.6 Å². The van der Waals surface area contributed by atoms with E-state index in [0.29, 0.717) is 5.69 Å². The number of aryl methyl sites for hydroxylation is 1. The van der Waals surface area contributed by atoms with Gasteiger partial charge in [-0.05, 0) is 24.1 Å². The molecule has 0 radical (unpaired) electrons. The van der Waals surface area contributed by atoms with E-state index in [2.05, 4.69) is 17.2 Å². The van der Waals surface area contributed by atoms with Gasteiger partial charge in [-0.25, -0.2) is 4.98 Å². The van der Waals surface area contributed by atoms with Crippen LogP contribution in [-0.4, -0.2) is 22.6 Å². The zero-order valence-electron chi connectivity index (χ0n) is 11.2. The normalized spacial score (nSPS) is 12.2. The first kappa shape index (κ1) is 14.2. The number of aromatic nitrogens is 1. The summed E-state index contributed by atoms with van der Waals surface area (Å²) in [5.74, 6) is -0.242. The summed E-state index contributed by atoms with van der Waals surface area (Å²) < 4.78 is 5.06. The van der Waals surface area contributed by atoms with E-state index in [-0.39, 0.29) is 24.1 Å². The highest BCUT2D eigenvalue weighted by Gasteiger charge is 2.16. The van der Waals surface area contributed by atoms with E-state index in [1.807, 2.05) is 24.3 Å². The van der Waals surface area contributed by atoms with Crippen LogP contribution in [0.3, 0.4) is 0 Å². The van der Waals surface area contributed by atoms with Gasteiger partial charge in [-0.3, -0.25) is 4.79 Å². The van der Waals surface area contributed by atoms with Gasteiger partial charge in [0.25, 0.3) is 5.91 Å². The molecule has 0 aliphatic heterocycles. The van der Waals surface area contributed by atoms with Gasteiger partial charge in [0.2, 0.25) is 5.89 Å². The van der Waals surface area contributed by atoms with Crippen molar-refractivity contribution in [2.24, 2.45) is 5.73 Å². The van der Waals surface area contributed by atoms with Crippen LogP contribution in [0.4, 0.5) is 5.69 Å². The minimum Gasteiger partial charge on any atom is -0.446 e. The second kappa shape index (κ2) is 6.31. The predicted octanol–water partition coefficient (Wildman–Crippen LogP) is 1.48. The zero-order valence-corrected chi connectivity index (χ0v) is 11.2. The van der Waals surface area contributed by atoms with Crippen molar-refractivity contribution in [2.75, 3.05) is 11.9 Å². The second-order valence-electron chi connectivity index (χ2n) is 4.36. The zero-order chi connectivity index (χ0) is 14.5. The number of carbonyl (C=O) groups is 1. The number of nitrogens with zero attached hydrogens (tertiary/aromatic N) is 1. The molecule has 20 heavy (non-hydrogen) atoms. The number of benzene rings is 1. The molecule has 1 aromatic carbocycles. The third-order valence-corrected chi connectivity index (χ3v) is 2.89. The van der Waals surface area contributed by atoms with Gasteiger partial charge < -0.3 is 20.6 Å². The van der Waals surface area contributed by atoms with Gasteiger partial charge in [0, 0.05) is 5.69 Å². The lowest BCUT2D eigenvalue weighted by Gasteiger charge is -2.04. The molecule has 1 atom stereocenters. The van der Waals surface area contributed by atoms with Crippen molar-refractivity contribution in [1.29, 1.82) is 0 Å². The first-order chi connectivity index (χ1) is 9.63. The molecule has 4 N–H and O–H groups in total. The molecular formula is C14H17N3O3. The molecule has 6 nitrogen and oxygen atoms in total. The van der Waals surface area contributed by atoms with Gasteiger partial charge in [0.15, 0.2) is 5.69 Å². The Labute approximate surface area is 116 Å². The highest BCUT2D eigenvalue weighted by atomic mass is 16.3. The number of hydrogen-bond acceptors (Lipinski definition) is 5. The highest BCUT2D eigenvalue weighted by Crippen LogP contribution is 2.13. The topological polar surface area (TPSA) is 101 Å². The fraction of sp³-hybridized carbons (Fsp3) is 0.286. The van der Waals surface area contributed by atoms with Gasteiger partial charge in [-0.15, -0.1) is 0 Å². The van der Waals surface area contributed by atoms with Crippen LogP contribution >= 0.6 is 0 Å². The van der Waals surface area contributed by atoms with Crippen LogP contribution in [0.2, 0.25) is 0 Å². The summed E-state index contributed by atoms with van der Waals surface area (Å²) >= 11 is 0. The van der Waals surface area contributed by atoms with Crippen molar-refractivity contribution in [1.82, 2.24) is 4.98 Å². The minimum atomic E-state index is -0.722. The Balaban J connectivity index is 2.05. The monoisotopic (exact) mass is 275 g/mol. The summed E-state index contributed by atoms with van der Waals surface area (Å²) in [7, 11) is 0. The molecule has 6 heteroatoms. The first-order valence-electron chi connectivity index (χ1n) is 6.36. The summed E-state index contributed by atoms with van der Waals surface area (Å²) in [6.07, 6.45) is 2.17. The van der Waals surface area contributed by atoms with Crippen LogP contribution in [0.25, 0.3) is 0 Å². The van der Waals surface area contributed by atoms with Crippen molar-refractivity contribution in [3.05, 3.63) is 47.7 Å². The Morgan fingerprint density at radius 3 is 2.75 bits per heavy atom. The van der Waals surface area contributed by atoms with Crippen LogP contribution < -0.4 is 11.1 Å². The Kier molecular flexibility index (Phi) is 4.49. The molecule has 2 aromatic rings. The highest BCUT2D eigenvalue weighted by molar-refractivity contribution is 6.02. The smallest absolute Gasteiger partial charge is 0.277 e. The van der Waals surface area contributed by atoms with Gasteiger partial charge in [-0.2, -0.15) is 0 Å².